The number of pyridine rings is 1. The van der Waals surface area contributed by atoms with Crippen molar-refractivity contribution in [2.45, 2.75) is 13.3 Å². The predicted molar refractivity (Wildman–Crippen MR) is 118 cm³/mol. The third kappa shape index (κ3) is 4.19. The van der Waals surface area contributed by atoms with E-state index in [1.807, 2.05) is 24.4 Å². The fourth-order valence-corrected chi connectivity index (χ4v) is 3.73. The van der Waals surface area contributed by atoms with E-state index in [-0.39, 0.29) is 5.91 Å². The van der Waals surface area contributed by atoms with Gasteiger partial charge in [-0.1, -0.05) is 12.2 Å². The first-order valence-electron chi connectivity index (χ1n) is 10.0. The van der Waals surface area contributed by atoms with Crippen LogP contribution in [0.4, 0.5) is 11.4 Å². The monoisotopic (exact) mass is 400 g/mol. The van der Waals surface area contributed by atoms with Gasteiger partial charge in [0.2, 0.25) is 5.91 Å². The second-order valence-electron chi connectivity index (χ2n) is 7.38. The smallest absolute Gasteiger partial charge is 0.234 e. The van der Waals surface area contributed by atoms with Crippen LogP contribution >= 0.6 is 0 Å². The molecule has 3 heterocycles. The van der Waals surface area contributed by atoms with Crippen LogP contribution in [0.15, 0.2) is 42.9 Å². The summed E-state index contributed by atoms with van der Waals surface area (Å²) in [7, 11) is 0. The van der Waals surface area contributed by atoms with E-state index in [4.69, 9.17) is 0 Å². The minimum atomic E-state index is 0.0809. The van der Waals surface area contributed by atoms with Crippen LogP contribution in [0.3, 0.4) is 0 Å². The van der Waals surface area contributed by atoms with Crippen molar-refractivity contribution in [1.82, 2.24) is 20.2 Å². The molecule has 1 aromatic carbocycles. The number of carbonyl (C=O) groups excluding carboxylic acids is 1. The number of aryl methyl sites for hydroxylation is 1. The molecule has 1 saturated heterocycles. The second-order valence-corrected chi connectivity index (χ2v) is 7.38. The quantitative estimate of drug-likeness (QED) is 0.590. The number of amides is 1. The van der Waals surface area contributed by atoms with E-state index < -0.39 is 0 Å². The first-order chi connectivity index (χ1) is 14.7. The Morgan fingerprint density at radius 3 is 3.07 bits per heavy atom. The summed E-state index contributed by atoms with van der Waals surface area (Å²) in [6, 6.07) is 8.34. The highest BCUT2D eigenvalue weighted by molar-refractivity contribution is 5.89. The number of nitrogens with one attached hydrogen (secondary N) is 3. The Bertz CT molecular complexity index is 1140. The largest absolute Gasteiger partial charge is 0.361 e. The van der Waals surface area contributed by atoms with Gasteiger partial charge in [0.25, 0.3) is 0 Å². The number of benzene rings is 1. The molecule has 7 heteroatoms. The molecule has 0 atom stereocenters. The van der Waals surface area contributed by atoms with Crippen LogP contribution in [0.25, 0.3) is 17.0 Å². The Balaban J connectivity index is 1.53. The number of hydrogen-bond donors (Lipinski definition) is 3. The minimum Gasteiger partial charge on any atom is -0.361 e. The molecule has 4 rings (SSSR count). The summed E-state index contributed by atoms with van der Waals surface area (Å²) in [6.07, 6.45) is 10.1. The van der Waals surface area contributed by atoms with Gasteiger partial charge in [-0.15, -0.1) is 0 Å². The van der Waals surface area contributed by atoms with Crippen LogP contribution in [0.1, 0.15) is 23.1 Å². The van der Waals surface area contributed by atoms with Crippen LogP contribution in [0.5, 0.6) is 0 Å². The van der Waals surface area contributed by atoms with Gasteiger partial charge in [-0.2, -0.15) is 5.26 Å². The fourth-order valence-electron chi connectivity index (χ4n) is 3.73. The lowest BCUT2D eigenvalue weighted by Gasteiger charge is -2.25. The van der Waals surface area contributed by atoms with E-state index in [2.05, 4.69) is 50.6 Å². The zero-order chi connectivity index (χ0) is 20.9. The molecule has 3 aromatic rings. The number of nitrogens with zero attached hydrogens (tertiary/aromatic N) is 3. The van der Waals surface area contributed by atoms with Gasteiger partial charge in [-0.3, -0.25) is 14.7 Å². The molecule has 2 aromatic heterocycles. The number of hydrogen-bond acceptors (Lipinski definition) is 5. The van der Waals surface area contributed by atoms with Gasteiger partial charge in [0.1, 0.15) is 6.07 Å². The normalized spacial score (nSPS) is 14.7. The van der Waals surface area contributed by atoms with E-state index in [1.54, 1.807) is 12.4 Å². The second kappa shape index (κ2) is 8.80. The first kappa shape index (κ1) is 19.7. The van der Waals surface area contributed by atoms with Crippen LogP contribution < -0.4 is 10.6 Å². The molecule has 1 fully saturated rings. The van der Waals surface area contributed by atoms with Crippen LogP contribution in [-0.4, -0.2) is 47.0 Å². The molecule has 0 bridgehead atoms. The van der Waals surface area contributed by atoms with Crippen molar-refractivity contribution in [2.75, 3.05) is 31.5 Å². The first-order valence-corrected chi connectivity index (χ1v) is 10.0. The zero-order valence-corrected chi connectivity index (χ0v) is 16.9. The average Bonchev–Trinajstić information content (AvgIpc) is 3.23. The highest BCUT2D eigenvalue weighted by Gasteiger charge is 2.15. The number of aromatic amines is 1. The lowest BCUT2D eigenvalue weighted by Crippen LogP contribution is -2.47. The SMILES string of the molecule is Cc1c(Nc2c(C#N)cncc2/C=C/CCN2CCNC(=O)C2)ccc2[nH]ccc12. The Hall–Kier alpha value is -3.63. The van der Waals surface area contributed by atoms with Crippen molar-refractivity contribution >= 4 is 34.3 Å². The average molecular weight is 400 g/mol. The van der Waals surface area contributed by atoms with Crippen molar-refractivity contribution in [3.63, 3.8) is 0 Å². The molecule has 152 valence electrons. The van der Waals surface area contributed by atoms with Gasteiger partial charge in [0, 0.05) is 60.4 Å². The van der Waals surface area contributed by atoms with Crippen LogP contribution in [0, 0.1) is 18.3 Å². The topological polar surface area (TPSA) is 96.8 Å². The number of nitriles is 1. The molecule has 0 saturated carbocycles. The maximum Gasteiger partial charge on any atom is 0.234 e. The highest BCUT2D eigenvalue weighted by Crippen LogP contribution is 2.30. The van der Waals surface area contributed by atoms with Gasteiger partial charge in [-0.25, -0.2) is 0 Å². The van der Waals surface area contributed by atoms with Crippen molar-refractivity contribution < 1.29 is 4.79 Å². The number of anilines is 2. The zero-order valence-electron chi connectivity index (χ0n) is 16.9. The molecular formula is C23H24N6O. The maximum absolute atomic E-state index is 11.5. The van der Waals surface area contributed by atoms with E-state index >= 15 is 0 Å². The Kier molecular flexibility index (Phi) is 5.77. The molecule has 1 aliphatic rings. The minimum absolute atomic E-state index is 0.0809. The van der Waals surface area contributed by atoms with Gasteiger partial charge < -0.3 is 15.6 Å². The van der Waals surface area contributed by atoms with E-state index in [1.165, 1.54) is 0 Å². The maximum atomic E-state index is 11.5. The van der Waals surface area contributed by atoms with Gasteiger partial charge in [-0.05, 0) is 37.1 Å². The molecule has 1 aliphatic heterocycles. The van der Waals surface area contributed by atoms with Crippen molar-refractivity contribution in [3.05, 3.63) is 59.6 Å². The molecule has 0 unspecified atom stereocenters. The van der Waals surface area contributed by atoms with Gasteiger partial charge in [0.05, 0.1) is 17.8 Å². The summed E-state index contributed by atoms with van der Waals surface area (Å²) >= 11 is 0. The summed E-state index contributed by atoms with van der Waals surface area (Å²) in [4.78, 5) is 21.1. The van der Waals surface area contributed by atoms with E-state index in [0.29, 0.717) is 18.7 Å². The Labute approximate surface area is 175 Å². The molecule has 0 spiro atoms. The third-order valence-corrected chi connectivity index (χ3v) is 5.39. The predicted octanol–water partition coefficient (Wildman–Crippen LogP) is 3.32. The van der Waals surface area contributed by atoms with Crippen molar-refractivity contribution in [1.29, 1.82) is 5.26 Å². The lowest BCUT2D eigenvalue weighted by atomic mass is 10.1. The number of aromatic nitrogens is 2. The number of fused-ring (bicyclic) bond motifs is 1. The molecule has 3 N–H and O–H groups in total. The standard InChI is InChI=1S/C23H24N6O/c1-16-19-7-8-26-21(19)6-5-20(16)28-23-17(13-25-14-18(23)12-24)4-2-3-10-29-11-9-27-22(30)15-29/h2,4-8,13-14,26H,3,9-11,15H2,1H3,(H,25,28)(H,27,30)/b4-2+. The number of carbonyl (C=O) groups is 1. The molecule has 7 nitrogen and oxygen atoms in total. The number of rotatable bonds is 6. The van der Waals surface area contributed by atoms with Crippen LogP contribution in [-0.2, 0) is 4.79 Å². The lowest BCUT2D eigenvalue weighted by molar-refractivity contribution is -0.124. The third-order valence-electron chi connectivity index (χ3n) is 5.39. The molecule has 0 aliphatic carbocycles. The number of H-pyrrole nitrogens is 1. The molecule has 0 radical (unpaired) electrons. The van der Waals surface area contributed by atoms with Crippen molar-refractivity contribution in [2.24, 2.45) is 0 Å². The van der Waals surface area contributed by atoms with E-state index in [9.17, 15) is 10.1 Å². The summed E-state index contributed by atoms with van der Waals surface area (Å²) in [5.74, 6) is 0.0809. The summed E-state index contributed by atoms with van der Waals surface area (Å²) in [6.45, 7) is 4.92. The summed E-state index contributed by atoms with van der Waals surface area (Å²) < 4.78 is 0. The van der Waals surface area contributed by atoms with Crippen LogP contribution in [0.2, 0.25) is 0 Å². The molecule has 30 heavy (non-hydrogen) atoms. The van der Waals surface area contributed by atoms with Gasteiger partial charge in [0.15, 0.2) is 0 Å². The fraction of sp³-hybridized carbons (Fsp3) is 0.261. The Morgan fingerprint density at radius 1 is 1.33 bits per heavy atom. The summed E-state index contributed by atoms with van der Waals surface area (Å²) in [5, 5.41) is 17.0. The van der Waals surface area contributed by atoms with E-state index in [0.717, 1.165) is 52.9 Å². The molecular weight excluding hydrogens is 376 g/mol. The van der Waals surface area contributed by atoms with Gasteiger partial charge >= 0.3 is 0 Å². The summed E-state index contributed by atoms with van der Waals surface area (Å²) in [5.41, 5.74) is 5.27. The molecule has 1 amide bonds. The number of piperazine rings is 1. The van der Waals surface area contributed by atoms with Crippen molar-refractivity contribution in [3.8, 4) is 6.07 Å². The highest BCUT2D eigenvalue weighted by atomic mass is 16.2. The Morgan fingerprint density at radius 2 is 2.23 bits per heavy atom.